The minimum atomic E-state index is -0.411. The Labute approximate surface area is 200 Å². The Morgan fingerprint density at radius 1 is 1.09 bits per heavy atom. The summed E-state index contributed by atoms with van der Waals surface area (Å²) in [7, 11) is 0. The lowest BCUT2D eigenvalue weighted by atomic mass is 9.71. The molecular formula is C27H33N3O4. The van der Waals surface area contributed by atoms with Crippen molar-refractivity contribution in [3.8, 4) is 11.5 Å². The van der Waals surface area contributed by atoms with Crippen LogP contribution in [0.2, 0.25) is 0 Å². The van der Waals surface area contributed by atoms with Gasteiger partial charge >= 0.3 is 0 Å². The summed E-state index contributed by atoms with van der Waals surface area (Å²) >= 11 is 0. The van der Waals surface area contributed by atoms with E-state index in [4.69, 9.17) is 15.2 Å². The zero-order valence-corrected chi connectivity index (χ0v) is 19.8. The first-order valence-electron chi connectivity index (χ1n) is 12.3. The summed E-state index contributed by atoms with van der Waals surface area (Å²) in [4.78, 5) is 29.1. The van der Waals surface area contributed by atoms with Gasteiger partial charge in [-0.3, -0.25) is 14.5 Å². The monoisotopic (exact) mass is 463 g/mol. The van der Waals surface area contributed by atoms with Gasteiger partial charge in [0, 0.05) is 36.7 Å². The van der Waals surface area contributed by atoms with Gasteiger partial charge in [-0.25, -0.2) is 0 Å². The summed E-state index contributed by atoms with van der Waals surface area (Å²) < 4.78 is 11.8. The van der Waals surface area contributed by atoms with Crippen molar-refractivity contribution in [3.05, 3.63) is 53.6 Å². The molecule has 180 valence electrons. The van der Waals surface area contributed by atoms with E-state index < -0.39 is 5.91 Å². The van der Waals surface area contributed by atoms with Crippen LogP contribution in [-0.4, -0.2) is 49.6 Å². The Kier molecular flexibility index (Phi) is 6.21. The average molecular weight is 464 g/mol. The highest BCUT2D eigenvalue weighted by Gasteiger charge is 2.45. The number of fused-ring (bicyclic) bond motifs is 3. The van der Waals surface area contributed by atoms with E-state index in [1.165, 1.54) is 24.0 Å². The molecule has 0 saturated heterocycles. The van der Waals surface area contributed by atoms with E-state index in [2.05, 4.69) is 24.0 Å². The number of carbonyl (C=O) groups is 2. The van der Waals surface area contributed by atoms with E-state index in [1.54, 1.807) is 4.90 Å². The fourth-order valence-electron chi connectivity index (χ4n) is 5.88. The van der Waals surface area contributed by atoms with E-state index in [1.807, 2.05) is 30.3 Å². The van der Waals surface area contributed by atoms with Gasteiger partial charge in [-0.1, -0.05) is 31.0 Å². The van der Waals surface area contributed by atoms with Gasteiger partial charge in [-0.05, 0) is 55.2 Å². The summed E-state index contributed by atoms with van der Waals surface area (Å²) in [6.07, 6.45) is 4.74. The van der Waals surface area contributed by atoms with Crippen LogP contribution >= 0.6 is 0 Å². The smallest absolute Gasteiger partial charge is 0.241 e. The zero-order valence-electron chi connectivity index (χ0n) is 19.8. The van der Waals surface area contributed by atoms with Crippen molar-refractivity contribution >= 4 is 17.5 Å². The quantitative estimate of drug-likeness (QED) is 0.708. The number of benzene rings is 2. The van der Waals surface area contributed by atoms with Crippen LogP contribution < -0.4 is 20.1 Å². The van der Waals surface area contributed by atoms with E-state index in [0.717, 1.165) is 36.6 Å². The third-order valence-corrected chi connectivity index (χ3v) is 7.64. The molecule has 0 aromatic heterocycles. The summed E-state index contributed by atoms with van der Waals surface area (Å²) in [6.45, 7) is 4.70. The molecule has 2 aromatic carbocycles. The first kappa shape index (κ1) is 22.7. The van der Waals surface area contributed by atoms with Crippen molar-refractivity contribution in [2.75, 3.05) is 37.7 Å². The van der Waals surface area contributed by atoms with Crippen LogP contribution in [0.4, 0.5) is 5.69 Å². The van der Waals surface area contributed by atoms with Crippen LogP contribution in [0, 0.1) is 0 Å². The lowest BCUT2D eigenvalue weighted by molar-refractivity contribution is -0.121. The van der Waals surface area contributed by atoms with Crippen LogP contribution in [-0.2, 0) is 15.0 Å². The Balaban J connectivity index is 1.44. The summed E-state index contributed by atoms with van der Waals surface area (Å²) in [5.41, 5.74) is 8.81. The number of anilines is 1. The molecule has 1 unspecified atom stereocenters. The van der Waals surface area contributed by atoms with E-state index >= 15 is 0 Å². The van der Waals surface area contributed by atoms with Gasteiger partial charge < -0.3 is 20.1 Å². The van der Waals surface area contributed by atoms with Gasteiger partial charge in [-0.15, -0.1) is 0 Å². The summed E-state index contributed by atoms with van der Waals surface area (Å²) in [5, 5.41) is 0. The van der Waals surface area contributed by atoms with Crippen molar-refractivity contribution in [2.24, 2.45) is 5.73 Å². The molecule has 1 aliphatic carbocycles. The average Bonchev–Trinajstić information content (AvgIpc) is 3.31. The molecule has 3 aliphatic rings. The van der Waals surface area contributed by atoms with Gasteiger partial charge in [0.1, 0.15) is 13.2 Å². The molecule has 2 aliphatic heterocycles. The second kappa shape index (κ2) is 9.29. The Morgan fingerprint density at radius 3 is 2.44 bits per heavy atom. The predicted molar refractivity (Wildman–Crippen MR) is 130 cm³/mol. The number of nitrogens with two attached hydrogens (primary N) is 1. The van der Waals surface area contributed by atoms with Crippen LogP contribution in [0.15, 0.2) is 42.5 Å². The molecule has 2 aromatic rings. The highest BCUT2D eigenvalue weighted by molar-refractivity contribution is 5.95. The Bertz CT molecular complexity index is 1070. The molecular weight excluding hydrogens is 430 g/mol. The first-order valence-corrected chi connectivity index (χ1v) is 12.3. The molecule has 34 heavy (non-hydrogen) atoms. The van der Waals surface area contributed by atoms with Crippen molar-refractivity contribution < 1.29 is 19.1 Å². The largest absolute Gasteiger partial charge is 0.486 e. The lowest BCUT2D eigenvalue weighted by Crippen LogP contribution is -2.50. The topological polar surface area (TPSA) is 85.1 Å². The molecule has 7 nitrogen and oxygen atoms in total. The molecule has 1 spiro atoms. The van der Waals surface area contributed by atoms with E-state index in [9.17, 15) is 9.59 Å². The number of primary amides is 1. The fourth-order valence-corrected chi connectivity index (χ4v) is 5.88. The van der Waals surface area contributed by atoms with Crippen molar-refractivity contribution in [1.29, 1.82) is 0 Å². The zero-order chi connectivity index (χ0) is 23.7. The second-order valence-corrected chi connectivity index (χ2v) is 9.75. The van der Waals surface area contributed by atoms with Gasteiger partial charge in [-0.2, -0.15) is 0 Å². The van der Waals surface area contributed by atoms with Gasteiger partial charge in [0.15, 0.2) is 11.5 Å². The lowest BCUT2D eigenvalue weighted by Gasteiger charge is -2.46. The number of ether oxygens (including phenoxy) is 2. The molecule has 5 rings (SSSR count). The Hall–Kier alpha value is -3.06. The minimum absolute atomic E-state index is 0.0200. The number of hydrogen-bond donors (Lipinski definition) is 1. The third kappa shape index (κ3) is 4.25. The maximum atomic E-state index is 13.6. The van der Waals surface area contributed by atoms with Crippen molar-refractivity contribution in [2.45, 2.75) is 50.5 Å². The fraction of sp³-hybridized carbons (Fsp3) is 0.481. The molecule has 2 N–H and O–H groups in total. The third-order valence-electron chi connectivity index (χ3n) is 7.64. The minimum Gasteiger partial charge on any atom is -0.486 e. The summed E-state index contributed by atoms with van der Waals surface area (Å²) in [5.74, 6) is 1.21. The molecule has 1 fully saturated rings. The standard InChI is InChI=1S/C27H33N3O4/c1-19-21-15-23-24(34-14-13-33-23)16-22(21)27(10-5-6-11-27)18-29(19)17-26(32)30(12-9-25(28)31)20-7-3-2-4-8-20/h2-4,7-8,15-16,19H,5-6,9-14,17-18H2,1H3,(H2,28,31). The van der Waals surface area contributed by atoms with Gasteiger partial charge in [0.25, 0.3) is 0 Å². The number of nitrogens with zero attached hydrogens (tertiary/aromatic N) is 2. The normalized spacial score (nSPS) is 20.7. The highest BCUT2D eigenvalue weighted by Crippen LogP contribution is 2.51. The van der Waals surface area contributed by atoms with Gasteiger partial charge in [0.05, 0.1) is 6.54 Å². The number of para-hydroxylation sites is 1. The van der Waals surface area contributed by atoms with Gasteiger partial charge in [0.2, 0.25) is 11.8 Å². The number of hydrogen-bond acceptors (Lipinski definition) is 5. The molecule has 1 saturated carbocycles. The number of amides is 2. The number of carbonyl (C=O) groups excluding carboxylic acids is 2. The highest BCUT2D eigenvalue weighted by atomic mass is 16.6. The molecule has 1 atom stereocenters. The Morgan fingerprint density at radius 2 is 1.76 bits per heavy atom. The molecule has 0 radical (unpaired) electrons. The molecule has 7 heteroatoms. The van der Waals surface area contributed by atoms with Crippen LogP contribution in [0.3, 0.4) is 0 Å². The first-order chi connectivity index (χ1) is 16.5. The van der Waals surface area contributed by atoms with Crippen molar-refractivity contribution in [3.63, 3.8) is 0 Å². The van der Waals surface area contributed by atoms with E-state index in [0.29, 0.717) is 13.2 Å². The van der Waals surface area contributed by atoms with Crippen LogP contribution in [0.5, 0.6) is 11.5 Å². The maximum absolute atomic E-state index is 13.6. The molecule has 0 bridgehead atoms. The SMILES string of the molecule is CC1c2cc3c(cc2C2(CCCC2)CN1CC(=O)N(CCC(N)=O)c1ccccc1)OCCO3. The molecule has 2 amide bonds. The summed E-state index contributed by atoms with van der Waals surface area (Å²) in [6, 6.07) is 13.9. The van der Waals surface area contributed by atoms with E-state index in [-0.39, 0.29) is 36.9 Å². The van der Waals surface area contributed by atoms with Crippen molar-refractivity contribution in [1.82, 2.24) is 4.90 Å². The van der Waals surface area contributed by atoms with Crippen LogP contribution in [0.1, 0.15) is 56.2 Å². The predicted octanol–water partition coefficient (Wildman–Crippen LogP) is 3.55. The molecule has 2 heterocycles. The number of rotatable bonds is 6. The van der Waals surface area contributed by atoms with Crippen LogP contribution in [0.25, 0.3) is 0 Å². The second-order valence-electron chi connectivity index (χ2n) is 9.75. The maximum Gasteiger partial charge on any atom is 0.241 e.